The predicted molar refractivity (Wildman–Crippen MR) is 150 cm³/mol. The first kappa shape index (κ1) is 37.1. The number of nitrogens with one attached hydrogen (secondary N) is 1. The van der Waals surface area contributed by atoms with Crippen LogP contribution in [0.15, 0.2) is 0 Å². The molecule has 0 aromatic rings. The fourth-order valence-electron chi connectivity index (χ4n) is 3.79. The van der Waals surface area contributed by atoms with Crippen LogP contribution in [0.2, 0.25) is 0 Å². The molecule has 0 heterocycles. The second kappa shape index (κ2) is 27.0. The van der Waals surface area contributed by atoms with Crippen LogP contribution in [0.3, 0.4) is 0 Å². The molecule has 0 radical (unpaired) electrons. The number of quaternary nitrogens is 1. The quantitative estimate of drug-likeness (QED) is 0.0624. The summed E-state index contributed by atoms with van der Waals surface area (Å²) in [7, 11) is 1.50. The molecule has 0 fully saturated rings. The summed E-state index contributed by atoms with van der Waals surface area (Å²) < 4.78 is 15.1. The van der Waals surface area contributed by atoms with Gasteiger partial charge >= 0.3 is 7.82 Å². The van der Waals surface area contributed by atoms with E-state index in [1.807, 2.05) is 21.1 Å². The number of nitrogens with zero attached hydrogens (tertiary/aromatic N) is 1. The van der Waals surface area contributed by atoms with E-state index in [2.05, 4.69) is 16.8 Å². The van der Waals surface area contributed by atoms with E-state index in [0.29, 0.717) is 11.0 Å². The van der Waals surface area contributed by atoms with Crippen molar-refractivity contribution in [2.45, 2.75) is 122 Å². The molecule has 0 aromatic heterocycles. The Kier molecular flexibility index (Phi) is 28.7. The summed E-state index contributed by atoms with van der Waals surface area (Å²) in [5, 5.41) is 11.9. The molecule has 0 aliphatic heterocycles. The Labute approximate surface area is 218 Å². The second-order valence-electron chi connectivity index (χ2n) is 10.8. The Hall–Kier alpha value is -0.0100. The molecule has 0 aliphatic rings. The van der Waals surface area contributed by atoms with E-state index in [1.165, 1.54) is 116 Å². The summed E-state index contributed by atoms with van der Waals surface area (Å²) in [6.45, 7) is 5.02. The molecule has 0 amide bonds. The fourth-order valence-corrected chi connectivity index (χ4v) is 4.11. The van der Waals surface area contributed by atoms with Gasteiger partial charge in [0.1, 0.15) is 13.2 Å². The van der Waals surface area contributed by atoms with Crippen molar-refractivity contribution in [1.82, 2.24) is 5.32 Å². The normalized spacial score (nSPS) is 12.0. The molecule has 214 valence electrons. The van der Waals surface area contributed by atoms with Gasteiger partial charge in [-0.15, -0.1) is 0 Å². The number of phosphoric acid groups is 1. The van der Waals surface area contributed by atoms with Gasteiger partial charge in [0.2, 0.25) is 0 Å². The second-order valence-corrected chi connectivity index (χ2v) is 12.1. The Balaban J connectivity index is 0. The van der Waals surface area contributed by atoms with Crippen LogP contribution in [0.4, 0.5) is 0 Å². The highest BCUT2D eigenvalue weighted by Gasteiger charge is 2.16. The van der Waals surface area contributed by atoms with Gasteiger partial charge in [-0.25, -0.2) is 4.57 Å². The third-order valence-corrected chi connectivity index (χ3v) is 6.54. The van der Waals surface area contributed by atoms with Crippen LogP contribution in [-0.4, -0.2) is 73.4 Å². The van der Waals surface area contributed by atoms with Gasteiger partial charge in [0.15, 0.2) is 0 Å². The molecule has 0 atom stereocenters. The molecule has 0 rings (SSSR count). The summed E-state index contributed by atoms with van der Waals surface area (Å²) in [5.41, 5.74) is 0. The lowest BCUT2D eigenvalue weighted by atomic mass is 10.0. The molecule has 8 heteroatoms. The number of phosphoric ester groups is 1. The average Bonchev–Trinajstić information content (AvgIpc) is 2.76. The zero-order chi connectivity index (χ0) is 26.7. The zero-order valence-corrected chi connectivity index (χ0v) is 24.7. The lowest BCUT2D eigenvalue weighted by Gasteiger charge is -2.23. The van der Waals surface area contributed by atoms with Crippen molar-refractivity contribution in [3.05, 3.63) is 0 Å². The minimum absolute atomic E-state index is 0.0772. The van der Waals surface area contributed by atoms with Crippen molar-refractivity contribution in [2.75, 3.05) is 54.0 Å². The van der Waals surface area contributed by atoms with Crippen LogP contribution >= 0.6 is 7.82 Å². The lowest BCUT2D eigenvalue weighted by Crippen LogP contribution is -2.37. The third-order valence-electron chi connectivity index (χ3n) is 6.02. The molecule has 0 aromatic carbocycles. The van der Waals surface area contributed by atoms with Crippen LogP contribution < -0.4 is 5.32 Å². The number of likely N-dealkylation sites (N-methyl/N-ethyl adjacent to an activating group) is 1. The van der Waals surface area contributed by atoms with E-state index in [9.17, 15) is 4.57 Å². The Bertz CT molecular complexity index is 433. The van der Waals surface area contributed by atoms with Crippen molar-refractivity contribution in [3.63, 3.8) is 0 Å². The van der Waals surface area contributed by atoms with Crippen LogP contribution in [-0.2, 0) is 9.09 Å². The summed E-state index contributed by atoms with van der Waals surface area (Å²) >= 11 is 0. The lowest BCUT2D eigenvalue weighted by molar-refractivity contribution is -0.870. The molecule has 0 unspecified atom stereocenters. The first-order chi connectivity index (χ1) is 16.6. The van der Waals surface area contributed by atoms with Crippen molar-refractivity contribution in [1.29, 1.82) is 0 Å². The standard InChI is InChI=1S/C22H47NO.C5H14NO4P/c1-2-3-4-5-6-7-8-9-10-11-12-13-14-15-16-17-18-19-20-23-21-22-24;1-6(2,3)4-5-10-11(7,8)9/h23-24H,2-22H2,1H3;4-5H2,1-3H3,(H-,7,8,9)/p+1. The first-order valence-corrected chi connectivity index (χ1v) is 16.0. The number of hydrogen-bond acceptors (Lipinski definition) is 4. The molecule has 0 saturated carbocycles. The van der Waals surface area contributed by atoms with Gasteiger partial charge in [-0.1, -0.05) is 116 Å². The van der Waals surface area contributed by atoms with Gasteiger partial charge in [-0.3, -0.25) is 4.52 Å². The zero-order valence-electron chi connectivity index (χ0n) is 23.8. The summed E-state index contributed by atoms with van der Waals surface area (Å²) in [5.74, 6) is 0. The Morgan fingerprint density at radius 1 is 0.657 bits per heavy atom. The molecule has 0 saturated heterocycles. The van der Waals surface area contributed by atoms with Gasteiger partial charge < -0.3 is 24.7 Å². The highest BCUT2D eigenvalue weighted by molar-refractivity contribution is 7.46. The predicted octanol–water partition coefficient (Wildman–Crippen LogP) is 6.41. The Morgan fingerprint density at radius 3 is 1.34 bits per heavy atom. The van der Waals surface area contributed by atoms with Crippen LogP contribution in [0.1, 0.15) is 122 Å². The van der Waals surface area contributed by atoms with E-state index in [4.69, 9.17) is 14.9 Å². The maximum Gasteiger partial charge on any atom is 0.469 e. The van der Waals surface area contributed by atoms with Crippen LogP contribution in [0.25, 0.3) is 0 Å². The van der Waals surface area contributed by atoms with Gasteiger partial charge in [-0.05, 0) is 13.0 Å². The molecular formula is C27H62N2O5P+. The van der Waals surface area contributed by atoms with Gasteiger partial charge in [0, 0.05) is 6.54 Å². The molecule has 0 aliphatic carbocycles. The molecule has 4 N–H and O–H groups in total. The van der Waals surface area contributed by atoms with Crippen molar-refractivity contribution in [3.8, 4) is 0 Å². The van der Waals surface area contributed by atoms with Crippen LogP contribution in [0, 0.1) is 0 Å². The summed E-state index contributed by atoms with van der Waals surface area (Å²) in [4.78, 5) is 16.6. The number of rotatable bonds is 25. The number of aliphatic hydroxyl groups excluding tert-OH is 1. The maximum absolute atomic E-state index is 10.2. The topological polar surface area (TPSA) is 99.0 Å². The maximum atomic E-state index is 10.2. The van der Waals surface area contributed by atoms with Crippen molar-refractivity contribution >= 4 is 7.82 Å². The number of unbranched alkanes of at least 4 members (excludes halogenated alkanes) is 17. The monoisotopic (exact) mass is 525 g/mol. The molecule has 7 nitrogen and oxygen atoms in total. The molecule has 0 bridgehead atoms. The highest BCUT2D eigenvalue weighted by Crippen LogP contribution is 2.35. The largest absolute Gasteiger partial charge is 0.469 e. The number of aliphatic hydroxyl groups is 1. The first-order valence-electron chi connectivity index (χ1n) is 14.4. The molecule has 0 spiro atoms. The fraction of sp³-hybridized carbons (Fsp3) is 1.00. The SMILES string of the molecule is CCCCCCCCCCCCCCCCCCCCNCCO.C[N+](C)(C)CCOP(=O)(O)O. The molecule has 35 heavy (non-hydrogen) atoms. The van der Waals surface area contributed by atoms with Crippen molar-refractivity contribution in [2.24, 2.45) is 0 Å². The number of hydrogen-bond donors (Lipinski definition) is 4. The van der Waals surface area contributed by atoms with Gasteiger partial charge in [0.25, 0.3) is 0 Å². The molecular weight excluding hydrogens is 463 g/mol. The van der Waals surface area contributed by atoms with E-state index in [0.717, 1.165) is 13.1 Å². The minimum atomic E-state index is -4.26. The average molecular weight is 526 g/mol. The summed E-state index contributed by atoms with van der Waals surface area (Å²) in [6.07, 6.45) is 25.7. The van der Waals surface area contributed by atoms with Gasteiger partial charge in [-0.2, -0.15) is 0 Å². The van der Waals surface area contributed by atoms with E-state index in [1.54, 1.807) is 0 Å². The van der Waals surface area contributed by atoms with Crippen molar-refractivity contribution < 1.29 is 28.5 Å². The summed E-state index contributed by atoms with van der Waals surface area (Å²) in [6, 6.07) is 0. The van der Waals surface area contributed by atoms with Crippen LogP contribution in [0.5, 0.6) is 0 Å². The smallest absolute Gasteiger partial charge is 0.395 e. The third kappa shape index (κ3) is 41.4. The van der Waals surface area contributed by atoms with E-state index in [-0.39, 0.29) is 13.2 Å². The highest BCUT2D eigenvalue weighted by atomic mass is 31.2. The minimum Gasteiger partial charge on any atom is -0.395 e. The van der Waals surface area contributed by atoms with E-state index < -0.39 is 7.82 Å². The van der Waals surface area contributed by atoms with Gasteiger partial charge in [0.05, 0.1) is 27.7 Å². The van der Waals surface area contributed by atoms with E-state index >= 15 is 0 Å². The Morgan fingerprint density at radius 2 is 1.03 bits per heavy atom.